The lowest BCUT2D eigenvalue weighted by Gasteiger charge is -2.26. The van der Waals surface area contributed by atoms with Gasteiger partial charge in [0.25, 0.3) is 0 Å². The van der Waals surface area contributed by atoms with Crippen molar-refractivity contribution in [3.63, 3.8) is 0 Å². The minimum absolute atomic E-state index is 0.199. The molecule has 24 heavy (non-hydrogen) atoms. The van der Waals surface area contributed by atoms with Gasteiger partial charge in [0, 0.05) is 12.7 Å². The number of urea groups is 1. The maximum Gasteiger partial charge on any atom is 0.322 e. The summed E-state index contributed by atoms with van der Waals surface area (Å²) in [5.74, 6) is -0.199. The summed E-state index contributed by atoms with van der Waals surface area (Å²) in [5.41, 5.74) is 3.96. The monoisotopic (exact) mass is 327 g/mol. The number of hydrogen-bond donors (Lipinski definition) is 2. The summed E-state index contributed by atoms with van der Waals surface area (Å²) in [6, 6.07) is 6.63. The first-order valence-corrected chi connectivity index (χ1v) is 7.85. The Labute approximate surface area is 140 Å². The van der Waals surface area contributed by atoms with Gasteiger partial charge in [-0.15, -0.1) is 0 Å². The molecule has 3 rings (SSSR count). The quantitative estimate of drug-likeness (QED) is 0.844. The molecule has 0 fully saturated rings. The maximum atomic E-state index is 12.8. The molecule has 1 aromatic carbocycles. The normalized spacial score (nSPS) is 17.1. The van der Waals surface area contributed by atoms with E-state index in [0.29, 0.717) is 12.2 Å². The van der Waals surface area contributed by atoms with Crippen molar-refractivity contribution in [2.45, 2.75) is 33.4 Å². The molecular weight excluding hydrogens is 306 g/mol. The molecule has 0 aliphatic carbocycles. The Balaban J connectivity index is 1.89. The second kappa shape index (κ2) is 5.99. The number of carbonyl (C=O) groups excluding carboxylic acids is 2. The first-order valence-electron chi connectivity index (χ1n) is 7.85. The van der Waals surface area contributed by atoms with E-state index in [4.69, 9.17) is 0 Å². The third-order valence-corrected chi connectivity index (χ3v) is 4.46. The predicted molar refractivity (Wildman–Crippen MR) is 91.8 cm³/mol. The molecule has 2 N–H and O–H groups in total. The number of amides is 3. The molecule has 0 radical (unpaired) electrons. The molecule has 2 heterocycles. The molecule has 2 aromatic rings. The highest BCUT2D eigenvalue weighted by molar-refractivity contribution is 6.00. The van der Waals surface area contributed by atoms with Gasteiger partial charge < -0.3 is 15.5 Å². The molecule has 1 aliphatic rings. The zero-order valence-electron chi connectivity index (χ0n) is 14.3. The highest BCUT2D eigenvalue weighted by atomic mass is 16.2. The fourth-order valence-corrected chi connectivity index (χ4v) is 2.86. The Morgan fingerprint density at radius 3 is 2.71 bits per heavy atom. The van der Waals surface area contributed by atoms with Crippen LogP contribution in [0.5, 0.6) is 0 Å². The molecule has 7 nitrogen and oxygen atoms in total. The number of aryl methyl sites for hydroxylation is 2. The number of nitrogens with one attached hydrogen (secondary N) is 2. The van der Waals surface area contributed by atoms with Crippen LogP contribution in [0.15, 0.2) is 24.3 Å². The van der Waals surface area contributed by atoms with E-state index in [1.54, 1.807) is 11.6 Å². The number of rotatable bonds is 1. The first kappa shape index (κ1) is 16.0. The van der Waals surface area contributed by atoms with Crippen molar-refractivity contribution in [3.8, 4) is 0 Å². The van der Waals surface area contributed by atoms with E-state index in [-0.39, 0.29) is 11.9 Å². The van der Waals surface area contributed by atoms with Gasteiger partial charge in [0.05, 0.1) is 23.6 Å². The zero-order chi connectivity index (χ0) is 17.4. The van der Waals surface area contributed by atoms with Gasteiger partial charge in [0.1, 0.15) is 6.04 Å². The molecule has 3 amide bonds. The Morgan fingerprint density at radius 1 is 1.33 bits per heavy atom. The molecule has 0 saturated carbocycles. The maximum absolute atomic E-state index is 12.8. The smallest absolute Gasteiger partial charge is 0.322 e. The van der Waals surface area contributed by atoms with Gasteiger partial charge in [0.15, 0.2) is 0 Å². The van der Waals surface area contributed by atoms with Gasteiger partial charge in [-0.1, -0.05) is 18.2 Å². The summed E-state index contributed by atoms with van der Waals surface area (Å²) in [5, 5.41) is 10.1. The second-order valence-electron chi connectivity index (χ2n) is 6.05. The number of anilines is 2. The molecule has 1 unspecified atom stereocenters. The van der Waals surface area contributed by atoms with Crippen molar-refractivity contribution < 1.29 is 9.59 Å². The summed E-state index contributed by atoms with van der Waals surface area (Å²) in [6.07, 6.45) is 0. The standard InChI is InChI=1S/C17H21N5O2/c1-10-15(11(2)21(4)20-10)19-17(24)22-9-13-7-5-6-8-14(13)18-16(23)12(22)3/h5-8,12H,9H2,1-4H3,(H,18,23)(H,19,24). The fraction of sp³-hybridized carbons (Fsp3) is 0.353. The molecule has 0 bridgehead atoms. The van der Waals surface area contributed by atoms with Crippen LogP contribution < -0.4 is 10.6 Å². The third kappa shape index (κ3) is 2.73. The fourth-order valence-electron chi connectivity index (χ4n) is 2.86. The highest BCUT2D eigenvalue weighted by Gasteiger charge is 2.30. The second-order valence-corrected chi connectivity index (χ2v) is 6.05. The van der Waals surface area contributed by atoms with Gasteiger partial charge >= 0.3 is 6.03 Å². The van der Waals surface area contributed by atoms with E-state index >= 15 is 0 Å². The summed E-state index contributed by atoms with van der Waals surface area (Å²) in [6.45, 7) is 5.82. The van der Waals surface area contributed by atoms with Crippen molar-refractivity contribution in [1.29, 1.82) is 0 Å². The van der Waals surface area contributed by atoms with Crippen molar-refractivity contribution in [2.24, 2.45) is 7.05 Å². The predicted octanol–water partition coefficient (Wildman–Crippen LogP) is 2.41. The Hall–Kier alpha value is -2.83. The highest BCUT2D eigenvalue weighted by Crippen LogP contribution is 2.25. The minimum atomic E-state index is -0.574. The largest absolute Gasteiger partial charge is 0.324 e. The van der Waals surface area contributed by atoms with Crippen LogP contribution in [0.1, 0.15) is 23.9 Å². The molecule has 1 aromatic heterocycles. The third-order valence-electron chi connectivity index (χ3n) is 4.46. The lowest BCUT2D eigenvalue weighted by atomic mass is 10.1. The molecular formula is C17H21N5O2. The van der Waals surface area contributed by atoms with Gasteiger partial charge in [-0.3, -0.25) is 9.48 Å². The Bertz CT molecular complexity index is 811. The number of carbonyl (C=O) groups is 2. The van der Waals surface area contributed by atoms with Crippen LogP contribution in [0.4, 0.5) is 16.2 Å². The molecule has 126 valence electrons. The first-order chi connectivity index (χ1) is 11.4. The number of nitrogens with zero attached hydrogens (tertiary/aromatic N) is 3. The lowest BCUT2D eigenvalue weighted by Crippen LogP contribution is -2.45. The van der Waals surface area contributed by atoms with Crippen LogP contribution in [-0.4, -0.2) is 32.7 Å². The number of fused-ring (bicyclic) bond motifs is 1. The molecule has 1 atom stereocenters. The number of para-hydroxylation sites is 1. The van der Waals surface area contributed by atoms with E-state index in [0.717, 1.165) is 22.6 Å². The molecule has 7 heteroatoms. The van der Waals surface area contributed by atoms with Crippen LogP contribution >= 0.6 is 0 Å². The van der Waals surface area contributed by atoms with Gasteiger partial charge in [0.2, 0.25) is 5.91 Å². The lowest BCUT2D eigenvalue weighted by molar-refractivity contribution is -0.119. The topological polar surface area (TPSA) is 79.3 Å². The molecule has 0 saturated heterocycles. The van der Waals surface area contributed by atoms with Crippen molar-refractivity contribution in [2.75, 3.05) is 10.6 Å². The average molecular weight is 327 g/mol. The van der Waals surface area contributed by atoms with E-state index < -0.39 is 6.04 Å². The van der Waals surface area contributed by atoms with Crippen LogP contribution in [0, 0.1) is 13.8 Å². The van der Waals surface area contributed by atoms with Crippen LogP contribution in [0.25, 0.3) is 0 Å². The molecule has 0 spiro atoms. The summed E-state index contributed by atoms with van der Waals surface area (Å²) >= 11 is 0. The van der Waals surface area contributed by atoms with Crippen molar-refractivity contribution in [3.05, 3.63) is 41.2 Å². The summed E-state index contributed by atoms with van der Waals surface area (Å²) < 4.78 is 1.72. The number of hydrogen-bond acceptors (Lipinski definition) is 3. The van der Waals surface area contributed by atoms with Gasteiger partial charge in [-0.05, 0) is 32.4 Å². The number of aromatic nitrogens is 2. The van der Waals surface area contributed by atoms with Crippen LogP contribution in [0.3, 0.4) is 0 Å². The van der Waals surface area contributed by atoms with E-state index in [1.807, 2.05) is 45.2 Å². The average Bonchev–Trinajstić information content (AvgIpc) is 2.71. The van der Waals surface area contributed by atoms with E-state index in [1.165, 1.54) is 4.90 Å². The SMILES string of the molecule is Cc1nn(C)c(C)c1NC(=O)N1Cc2ccccc2NC(=O)C1C. The Morgan fingerprint density at radius 2 is 2.04 bits per heavy atom. The zero-order valence-corrected chi connectivity index (χ0v) is 14.3. The van der Waals surface area contributed by atoms with E-state index in [2.05, 4.69) is 15.7 Å². The summed E-state index contributed by atoms with van der Waals surface area (Å²) in [4.78, 5) is 26.7. The van der Waals surface area contributed by atoms with Gasteiger partial charge in [-0.25, -0.2) is 4.79 Å². The Kier molecular flexibility index (Phi) is 4.01. The molecule has 1 aliphatic heterocycles. The minimum Gasteiger partial charge on any atom is -0.324 e. The summed E-state index contributed by atoms with van der Waals surface area (Å²) in [7, 11) is 1.83. The van der Waals surface area contributed by atoms with Crippen LogP contribution in [0.2, 0.25) is 0 Å². The van der Waals surface area contributed by atoms with Crippen molar-refractivity contribution >= 4 is 23.3 Å². The number of benzene rings is 1. The van der Waals surface area contributed by atoms with Crippen LogP contribution in [-0.2, 0) is 18.4 Å². The van der Waals surface area contributed by atoms with Crippen molar-refractivity contribution in [1.82, 2.24) is 14.7 Å². The van der Waals surface area contributed by atoms with Gasteiger partial charge in [-0.2, -0.15) is 5.10 Å². The van der Waals surface area contributed by atoms with E-state index in [9.17, 15) is 9.59 Å².